The fraction of sp³-hybridized carbons (Fsp3) is 0.143. The normalized spacial score (nSPS) is 10.7. The van der Waals surface area contributed by atoms with Crippen molar-refractivity contribution in [1.82, 2.24) is 19.7 Å². The molecule has 0 spiro atoms. The summed E-state index contributed by atoms with van der Waals surface area (Å²) >= 11 is 0. The van der Waals surface area contributed by atoms with Crippen molar-refractivity contribution in [1.29, 1.82) is 0 Å². The van der Waals surface area contributed by atoms with Crippen LogP contribution in [0.3, 0.4) is 0 Å². The molecule has 0 aliphatic heterocycles. The third-order valence-electron chi connectivity index (χ3n) is 3.00. The highest BCUT2D eigenvalue weighted by atomic mass is 16.4. The van der Waals surface area contributed by atoms with Crippen LogP contribution >= 0.6 is 0 Å². The van der Waals surface area contributed by atoms with Gasteiger partial charge >= 0.3 is 5.97 Å². The number of nitrogens with zero attached hydrogens (tertiary/aromatic N) is 4. The van der Waals surface area contributed by atoms with Crippen LogP contribution in [-0.4, -0.2) is 37.4 Å². The molecule has 0 aliphatic carbocycles. The number of fused-ring (bicyclic) bond motifs is 1. The first-order valence-electron chi connectivity index (χ1n) is 6.45. The Balaban J connectivity index is 1.95. The summed E-state index contributed by atoms with van der Waals surface area (Å²) in [6, 6.07) is 9.66. The molecule has 0 radical (unpaired) electrons. The minimum Gasteiger partial charge on any atom is -0.481 e. The van der Waals surface area contributed by atoms with E-state index in [1.807, 2.05) is 30.3 Å². The molecule has 0 saturated carbocycles. The number of hydrogen-bond acceptors (Lipinski definition) is 5. The van der Waals surface area contributed by atoms with Crippen LogP contribution in [0.25, 0.3) is 16.7 Å². The highest BCUT2D eigenvalue weighted by Gasteiger charge is 2.10. The molecule has 0 fully saturated rings. The van der Waals surface area contributed by atoms with Gasteiger partial charge < -0.3 is 10.4 Å². The molecule has 0 unspecified atom stereocenters. The van der Waals surface area contributed by atoms with E-state index in [0.717, 1.165) is 11.1 Å². The summed E-state index contributed by atoms with van der Waals surface area (Å²) in [5.41, 5.74) is 1.58. The molecule has 0 aliphatic rings. The molecule has 106 valence electrons. The van der Waals surface area contributed by atoms with Gasteiger partial charge in [-0.2, -0.15) is 5.10 Å². The third-order valence-corrected chi connectivity index (χ3v) is 3.00. The fourth-order valence-corrected chi connectivity index (χ4v) is 2.03. The molecule has 7 heteroatoms. The van der Waals surface area contributed by atoms with Gasteiger partial charge in [0.15, 0.2) is 5.65 Å². The largest absolute Gasteiger partial charge is 0.481 e. The second-order valence-electron chi connectivity index (χ2n) is 4.42. The zero-order valence-electron chi connectivity index (χ0n) is 11.1. The molecule has 2 heterocycles. The number of aromatic nitrogens is 4. The van der Waals surface area contributed by atoms with Gasteiger partial charge in [-0.25, -0.2) is 14.6 Å². The molecule has 2 aromatic heterocycles. The number of carbonyl (C=O) groups is 1. The van der Waals surface area contributed by atoms with Crippen LogP contribution in [0.2, 0.25) is 0 Å². The third kappa shape index (κ3) is 2.66. The number of carboxylic acids is 1. The van der Waals surface area contributed by atoms with Crippen LogP contribution in [0, 0.1) is 0 Å². The van der Waals surface area contributed by atoms with E-state index in [2.05, 4.69) is 20.4 Å². The number of hydrogen-bond donors (Lipinski definition) is 2. The predicted molar refractivity (Wildman–Crippen MR) is 77.4 cm³/mol. The zero-order chi connectivity index (χ0) is 14.7. The van der Waals surface area contributed by atoms with Crippen molar-refractivity contribution in [3.05, 3.63) is 42.9 Å². The Hall–Kier alpha value is -2.96. The highest BCUT2D eigenvalue weighted by Crippen LogP contribution is 2.21. The fourth-order valence-electron chi connectivity index (χ4n) is 2.03. The number of aliphatic carboxylic acids is 1. The molecule has 1 aromatic carbocycles. The van der Waals surface area contributed by atoms with Crippen LogP contribution in [0.15, 0.2) is 42.9 Å². The number of nitrogens with one attached hydrogen (secondary N) is 1. The van der Waals surface area contributed by atoms with Gasteiger partial charge in [0.2, 0.25) is 0 Å². The summed E-state index contributed by atoms with van der Waals surface area (Å²) in [5, 5.41) is 16.8. The van der Waals surface area contributed by atoms with E-state index in [1.54, 1.807) is 10.9 Å². The maximum Gasteiger partial charge on any atom is 0.305 e. The molecule has 0 bridgehead atoms. The second-order valence-corrected chi connectivity index (χ2v) is 4.42. The Bertz CT molecular complexity index is 769. The van der Waals surface area contributed by atoms with Gasteiger partial charge in [0, 0.05) is 6.54 Å². The summed E-state index contributed by atoms with van der Waals surface area (Å²) in [7, 11) is 0. The lowest BCUT2D eigenvalue weighted by Crippen LogP contribution is -2.09. The van der Waals surface area contributed by atoms with E-state index >= 15 is 0 Å². The van der Waals surface area contributed by atoms with Crippen molar-refractivity contribution >= 4 is 22.8 Å². The first-order chi connectivity index (χ1) is 10.3. The Morgan fingerprint density at radius 2 is 2.05 bits per heavy atom. The van der Waals surface area contributed by atoms with Crippen LogP contribution in [-0.2, 0) is 4.79 Å². The van der Waals surface area contributed by atoms with Gasteiger partial charge in [-0.05, 0) is 12.1 Å². The minimum atomic E-state index is -0.854. The van der Waals surface area contributed by atoms with Crippen LogP contribution in [0.5, 0.6) is 0 Å². The summed E-state index contributed by atoms with van der Waals surface area (Å²) in [6.07, 6.45) is 3.14. The van der Waals surface area contributed by atoms with E-state index in [-0.39, 0.29) is 6.42 Å². The number of rotatable bonds is 5. The van der Waals surface area contributed by atoms with E-state index < -0.39 is 5.97 Å². The smallest absolute Gasteiger partial charge is 0.305 e. The van der Waals surface area contributed by atoms with Gasteiger partial charge in [0.25, 0.3) is 0 Å². The van der Waals surface area contributed by atoms with E-state index in [4.69, 9.17) is 5.11 Å². The average Bonchev–Trinajstić information content (AvgIpc) is 2.92. The second kappa shape index (κ2) is 5.58. The number of para-hydroxylation sites is 1. The first kappa shape index (κ1) is 13.0. The molecular weight excluding hydrogens is 270 g/mol. The van der Waals surface area contributed by atoms with Crippen molar-refractivity contribution in [3.8, 4) is 5.69 Å². The summed E-state index contributed by atoms with van der Waals surface area (Å²) in [6.45, 7) is 0.304. The van der Waals surface area contributed by atoms with E-state index in [9.17, 15) is 4.79 Å². The molecular formula is C14H13N5O2. The zero-order valence-corrected chi connectivity index (χ0v) is 11.1. The Kier molecular flexibility index (Phi) is 3.46. The minimum absolute atomic E-state index is 0.0261. The highest BCUT2D eigenvalue weighted by molar-refractivity contribution is 5.87. The SMILES string of the molecule is O=C(O)CCNc1ncnc2c1cnn2-c1ccccc1. The molecule has 3 aromatic rings. The molecule has 3 rings (SSSR count). The molecule has 2 N–H and O–H groups in total. The number of anilines is 1. The maximum atomic E-state index is 10.6. The molecule has 0 saturated heterocycles. The quantitative estimate of drug-likeness (QED) is 0.740. The lowest BCUT2D eigenvalue weighted by molar-refractivity contribution is -0.136. The molecule has 21 heavy (non-hydrogen) atoms. The average molecular weight is 283 g/mol. The van der Waals surface area contributed by atoms with Gasteiger partial charge in [0.05, 0.1) is 23.7 Å². The number of benzene rings is 1. The maximum absolute atomic E-state index is 10.6. The van der Waals surface area contributed by atoms with Crippen molar-refractivity contribution in [2.75, 3.05) is 11.9 Å². The van der Waals surface area contributed by atoms with E-state index in [0.29, 0.717) is 18.0 Å². The van der Waals surface area contributed by atoms with Crippen LogP contribution < -0.4 is 5.32 Å². The molecule has 0 amide bonds. The predicted octanol–water partition coefficient (Wildman–Crippen LogP) is 1.70. The van der Waals surface area contributed by atoms with Gasteiger partial charge in [0.1, 0.15) is 12.1 Å². The molecule has 7 nitrogen and oxygen atoms in total. The monoisotopic (exact) mass is 283 g/mol. The van der Waals surface area contributed by atoms with E-state index in [1.165, 1.54) is 6.33 Å². The van der Waals surface area contributed by atoms with Crippen LogP contribution in [0.4, 0.5) is 5.82 Å². The van der Waals surface area contributed by atoms with Crippen molar-refractivity contribution in [3.63, 3.8) is 0 Å². The lowest BCUT2D eigenvalue weighted by atomic mass is 10.3. The van der Waals surface area contributed by atoms with Gasteiger partial charge in [-0.3, -0.25) is 4.79 Å². The van der Waals surface area contributed by atoms with Gasteiger partial charge in [-0.1, -0.05) is 18.2 Å². The summed E-state index contributed by atoms with van der Waals surface area (Å²) in [5.74, 6) is -0.267. The van der Waals surface area contributed by atoms with Crippen molar-refractivity contribution in [2.24, 2.45) is 0 Å². The van der Waals surface area contributed by atoms with Crippen molar-refractivity contribution in [2.45, 2.75) is 6.42 Å². The summed E-state index contributed by atoms with van der Waals surface area (Å²) in [4.78, 5) is 18.9. The van der Waals surface area contributed by atoms with Gasteiger partial charge in [-0.15, -0.1) is 0 Å². The Labute approximate surface area is 120 Å². The Morgan fingerprint density at radius 1 is 1.24 bits per heavy atom. The molecule has 0 atom stereocenters. The first-order valence-corrected chi connectivity index (χ1v) is 6.45. The lowest BCUT2D eigenvalue weighted by Gasteiger charge is -2.05. The number of carboxylic acid groups (broad SMARTS) is 1. The standard InChI is InChI=1S/C14H13N5O2/c20-12(21)6-7-15-13-11-8-18-19(14(11)17-9-16-13)10-4-2-1-3-5-10/h1-5,8-9H,6-7H2,(H,20,21)(H,15,16,17). The Morgan fingerprint density at radius 3 is 2.81 bits per heavy atom. The van der Waals surface area contributed by atoms with Crippen LogP contribution in [0.1, 0.15) is 6.42 Å². The topological polar surface area (TPSA) is 92.9 Å². The summed E-state index contributed by atoms with van der Waals surface area (Å²) < 4.78 is 1.72. The van der Waals surface area contributed by atoms with Crippen molar-refractivity contribution < 1.29 is 9.90 Å².